The number of aryl methyl sites for hydroxylation is 1. The smallest absolute Gasteiger partial charge is 0.101 e. The summed E-state index contributed by atoms with van der Waals surface area (Å²) in [5.74, 6) is 0. The van der Waals surface area contributed by atoms with E-state index in [4.69, 9.17) is 4.89 Å². The summed E-state index contributed by atoms with van der Waals surface area (Å²) in [6.07, 6.45) is 5.05. The van der Waals surface area contributed by atoms with Crippen LogP contribution < -0.4 is 0 Å². The van der Waals surface area contributed by atoms with E-state index in [1.165, 1.54) is 24.1 Å². The van der Waals surface area contributed by atoms with Crippen LogP contribution in [0.25, 0.3) is 6.08 Å². The van der Waals surface area contributed by atoms with Gasteiger partial charge in [0.15, 0.2) is 0 Å². The average Bonchev–Trinajstić information content (AvgIpc) is 2.87. The van der Waals surface area contributed by atoms with Crippen LogP contribution in [-0.2, 0) is 22.7 Å². The van der Waals surface area contributed by atoms with Crippen molar-refractivity contribution in [3.63, 3.8) is 0 Å². The topological polar surface area (TPSA) is 23.4 Å². The number of hydrogen-bond donors (Lipinski definition) is 0. The molecule has 106 valence electrons. The first kappa shape index (κ1) is 14.6. The zero-order chi connectivity index (χ0) is 14.2. The molecule has 0 unspecified atom stereocenters. The van der Waals surface area contributed by atoms with Gasteiger partial charge in [0, 0.05) is 17.9 Å². The second-order valence-corrected chi connectivity index (χ2v) is 4.53. The molecule has 2 rings (SSSR count). The van der Waals surface area contributed by atoms with Crippen LogP contribution in [0, 0.1) is 0 Å². The minimum absolute atomic E-state index is 0.453. The van der Waals surface area contributed by atoms with E-state index in [9.17, 15) is 0 Å². The van der Waals surface area contributed by atoms with Crippen LogP contribution >= 0.6 is 0 Å². The van der Waals surface area contributed by atoms with Crippen molar-refractivity contribution in [2.24, 2.45) is 0 Å². The highest BCUT2D eigenvalue weighted by molar-refractivity contribution is 5.47. The Morgan fingerprint density at radius 3 is 2.60 bits per heavy atom. The van der Waals surface area contributed by atoms with Crippen molar-refractivity contribution in [3.8, 4) is 0 Å². The SMILES string of the molecule is CCc1ccc(/C=C/COOC)n1Cc1ccccc1. The van der Waals surface area contributed by atoms with E-state index in [2.05, 4.69) is 58.9 Å². The van der Waals surface area contributed by atoms with Crippen LogP contribution in [0.2, 0.25) is 0 Å². The zero-order valence-corrected chi connectivity index (χ0v) is 12.1. The van der Waals surface area contributed by atoms with Crippen molar-refractivity contribution in [2.75, 3.05) is 13.7 Å². The van der Waals surface area contributed by atoms with Gasteiger partial charge >= 0.3 is 0 Å². The van der Waals surface area contributed by atoms with E-state index >= 15 is 0 Å². The third-order valence-corrected chi connectivity index (χ3v) is 3.22. The normalized spacial score (nSPS) is 11.3. The molecule has 0 amide bonds. The Morgan fingerprint density at radius 2 is 1.90 bits per heavy atom. The molecule has 0 saturated carbocycles. The molecule has 0 N–H and O–H groups in total. The summed E-state index contributed by atoms with van der Waals surface area (Å²) >= 11 is 0. The van der Waals surface area contributed by atoms with Crippen LogP contribution in [0.4, 0.5) is 0 Å². The molecular weight excluding hydrogens is 250 g/mol. The van der Waals surface area contributed by atoms with Crippen molar-refractivity contribution >= 4 is 6.08 Å². The lowest BCUT2D eigenvalue weighted by atomic mass is 10.2. The highest BCUT2D eigenvalue weighted by Crippen LogP contribution is 2.15. The average molecular weight is 271 g/mol. The van der Waals surface area contributed by atoms with E-state index in [0.717, 1.165) is 13.0 Å². The molecule has 0 saturated heterocycles. The van der Waals surface area contributed by atoms with E-state index < -0.39 is 0 Å². The standard InChI is InChI=1S/C17H21NO2/c1-3-16-11-12-17(10-7-13-20-19-2)18(16)14-15-8-5-4-6-9-15/h4-12H,3,13-14H2,1-2H3/b10-7+. The molecule has 0 aliphatic rings. The van der Waals surface area contributed by atoms with Gasteiger partial charge in [-0.2, -0.15) is 0 Å². The first-order valence-corrected chi connectivity index (χ1v) is 6.89. The molecule has 1 aromatic carbocycles. The van der Waals surface area contributed by atoms with Crippen LogP contribution in [0.1, 0.15) is 23.9 Å². The lowest BCUT2D eigenvalue weighted by Crippen LogP contribution is -2.05. The molecule has 0 aliphatic heterocycles. The fourth-order valence-electron chi connectivity index (χ4n) is 2.22. The van der Waals surface area contributed by atoms with Crippen molar-refractivity contribution in [1.82, 2.24) is 4.57 Å². The first-order chi connectivity index (χ1) is 9.85. The van der Waals surface area contributed by atoms with Gasteiger partial charge in [0.1, 0.15) is 6.61 Å². The van der Waals surface area contributed by atoms with Crippen molar-refractivity contribution in [1.29, 1.82) is 0 Å². The van der Waals surface area contributed by atoms with Gasteiger partial charge in [-0.3, -0.25) is 0 Å². The molecule has 0 spiro atoms. The molecule has 0 atom stereocenters. The summed E-state index contributed by atoms with van der Waals surface area (Å²) in [5.41, 5.74) is 3.83. The minimum atomic E-state index is 0.453. The molecule has 20 heavy (non-hydrogen) atoms. The number of hydrogen-bond acceptors (Lipinski definition) is 2. The van der Waals surface area contributed by atoms with E-state index in [0.29, 0.717) is 6.61 Å². The third-order valence-electron chi connectivity index (χ3n) is 3.22. The van der Waals surface area contributed by atoms with Gasteiger partial charge in [0.25, 0.3) is 0 Å². The largest absolute Gasteiger partial charge is 0.341 e. The highest BCUT2D eigenvalue weighted by atomic mass is 17.2. The summed E-state index contributed by atoms with van der Waals surface area (Å²) in [6, 6.07) is 14.8. The summed E-state index contributed by atoms with van der Waals surface area (Å²) in [5, 5.41) is 0. The number of aromatic nitrogens is 1. The lowest BCUT2D eigenvalue weighted by Gasteiger charge is -2.11. The van der Waals surface area contributed by atoms with E-state index in [-0.39, 0.29) is 0 Å². The summed E-state index contributed by atoms with van der Waals surface area (Å²) in [6.45, 7) is 3.52. The molecule has 3 nitrogen and oxygen atoms in total. The molecule has 0 aliphatic carbocycles. The Bertz CT molecular complexity index is 543. The molecular formula is C17H21NO2. The summed E-state index contributed by atoms with van der Waals surface area (Å²) in [4.78, 5) is 9.42. The summed E-state index contributed by atoms with van der Waals surface area (Å²) < 4.78 is 2.33. The quantitative estimate of drug-likeness (QED) is 0.435. The number of rotatable bonds is 7. The fraction of sp³-hybridized carbons (Fsp3) is 0.294. The van der Waals surface area contributed by atoms with Gasteiger partial charge in [-0.15, -0.1) is 0 Å². The maximum atomic E-state index is 4.85. The molecule has 1 aromatic heterocycles. The molecule has 0 radical (unpaired) electrons. The molecule has 1 heterocycles. The van der Waals surface area contributed by atoms with Gasteiger partial charge in [-0.1, -0.05) is 43.3 Å². The number of benzene rings is 1. The maximum Gasteiger partial charge on any atom is 0.101 e. The summed E-state index contributed by atoms with van der Waals surface area (Å²) in [7, 11) is 1.52. The lowest BCUT2D eigenvalue weighted by molar-refractivity contribution is -0.263. The third kappa shape index (κ3) is 3.83. The van der Waals surface area contributed by atoms with Crippen LogP contribution in [0.3, 0.4) is 0 Å². The Hall–Kier alpha value is -1.84. The molecule has 2 aromatic rings. The van der Waals surface area contributed by atoms with Gasteiger partial charge in [0.05, 0.1) is 7.11 Å². The molecule has 3 heteroatoms. The van der Waals surface area contributed by atoms with Crippen LogP contribution in [0.15, 0.2) is 48.5 Å². The van der Waals surface area contributed by atoms with Crippen LogP contribution in [0.5, 0.6) is 0 Å². The monoisotopic (exact) mass is 271 g/mol. The first-order valence-electron chi connectivity index (χ1n) is 6.89. The molecule has 0 fully saturated rings. The van der Waals surface area contributed by atoms with Gasteiger partial charge < -0.3 is 4.57 Å². The predicted octanol–water partition coefficient (Wildman–Crippen LogP) is 3.69. The van der Waals surface area contributed by atoms with Gasteiger partial charge in [-0.25, -0.2) is 9.78 Å². The van der Waals surface area contributed by atoms with Crippen molar-refractivity contribution < 1.29 is 9.78 Å². The molecule has 0 bridgehead atoms. The van der Waals surface area contributed by atoms with E-state index in [1.807, 2.05) is 12.1 Å². The van der Waals surface area contributed by atoms with E-state index in [1.54, 1.807) is 0 Å². The maximum absolute atomic E-state index is 4.85. The zero-order valence-electron chi connectivity index (χ0n) is 12.1. The Labute approximate surface area is 120 Å². The second kappa shape index (κ2) is 7.68. The van der Waals surface area contributed by atoms with Crippen molar-refractivity contribution in [2.45, 2.75) is 19.9 Å². The second-order valence-electron chi connectivity index (χ2n) is 4.53. The van der Waals surface area contributed by atoms with Crippen molar-refractivity contribution in [3.05, 3.63) is 65.5 Å². The predicted molar refractivity (Wildman–Crippen MR) is 81.3 cm³/mol. The van der Waals surface area contributed by atoms with Crippen LogP contribution in [-0.4, -0.2) is 18.3 Å². The Morgan fingerprint density at radius 1 is 1.10 bits per heavy atom. The van der Waals surface area contributed by atoms with Gasteiger partial charge in [-0.05, 0) is 30.2 Å². The van der Waals surface area contributed by atoms with Gasteiger partial charge in [0.2, 0.25) is 0 Å². The minimum Gasteiger partial charge on any atom is -0.341 e. The Balaban J connectivity index is 2.17. The Kier molecular flexibility index (Phi) is 5.59. The highest BCUT2D eigenvalue weighted by Gasteiger charge is 2.05. The fourth-order valence-corrected chi connectivity index (χ4v) is 2.22. The number of nitrogens with zero attached hydrogens (tertiary/aromatic N) is 1.